The van der Waals surface area contributed by atoms with Crippen LogP contribution in [0.25, 0.3) is 11.1 Å². The monoisotopic (exact) mass is 447 g/mol. The fraction of sp³-hybridized carbons (Fsp3) is 0.160. The highest BCUT2D eigenvalue weighted by atomic mass is 19.1. The number of hydrogen-bond acceptors (Lipinski definition) is 3. The summed E-state index contributed by atoms with van der Waals surface area (Å²) in [5.41, 5.74) is 2.51. The molecule has 0 aliphatic heterocycles. The van der Waals surface area contributed by atoms with Gasteiger partial charge in [0.15, 0.2) is 0 Å². The summed E-state index contributed by atoms with van der Waals surface area (Å²) in [5.74, 6) is -1.76. The van der Waals surface area contributed by atoms with Gasteiger partial charge in [0.25, 0.3) is 5.91 Å². The maximum absolute atomic E-state index is 13.3. The van der Waals surface area contributed by atoms with Crippen molar-refractivity contribution in [2.45, 2.75) is 25.3 Å². The number of benzene rings is 3. The molecule has 0 heterocycles. The summed E-state index contributed by atoms with van der Waals surface area (Å²) in [6.07, 6.45) is 0.877. The van der Waals surface area contributed by atoms with Gasteiger partial charge < -0.3 is 21.1 Å². The van der Waals surface area contributed by atoms with Crippen LogP contribution in [0.15, 0.2) is 66.7 Å². The Morgan fingerprint density at radius 1 is 0.848 bits per heavy atom. The van der Waals surface area contributed by atoms with Crippen LogP contribution < -0.4 is 16.0 Å². The lowest BCUT2D eigenvalue weighted by atomic mass is 10.0. The Bertz CT molecular complexity index is 1220. The lowest BCUT2D eigenvalue weighted by Gasteiger charge is -2.12. The van der Waals surface area contributed by atoms with Gasteiger partial charge in [0, 0.05) is 16.9 Å². The van der Waals surface area contributed by atoms with E-state index in [2.05, 4.69) is 16.0 Å². The molecular weight excluding hydrogens is 425 g/mol. The number of anilines is 2. The average Bonchev–Trinajstić information content (AvgIpc) is 3.58. The molecule has 0 radical (unpaired) electrons. The number of halogens is 1. The molecule has 3 aromatic carbocycles. The van der Waals surface area contributed by atoms with Gasteiger partial charge >= 0.3 is 12.0 Å². The zero-order chi connectivity index (χ0) is 23.6. The number of rotatable bonds is 6. The van der Waals surface area contributed by atoms with Crippen LogP contribution in [-0.2, 0) is 4.79 Å². The number of nitrogens with one attached hydrogen (secondary N) is 3. The van der Waals surface area contributed by atoms with E-state index in [1.54, 1.807) is 49.4 Å². The standard InChI is InChI=1S/C25H22FN3O4/c1-15-14-20(10-11-21(15)26)28-24(33)27-19-8-6-17(7-9-19)16-2-4-18(5-3-16)22(30)29-25(12-13-25)23(31)32/h2-11,14H,12-13H2,1H3,(H,29,30)(H,31,32)(H2,27,28,33). The molecule has 3 aromatic rings. The van der Waals surface area contributed by atoms with Crippen molar-refractivity contribution < 1.29 is 23.9 Å². The zero-order valence-corrected chi connectivity index (χ0v) is 17.8. The number of carbonyl (C=O) groups excluding carboxylic acids is 2. The maximum atomic E-state index is 13.3. The Labute approximate surface area is 189 Å². The highest BCUT2D eigenvalue weighted by molar-refractivity contribution is 6.00. The van der Waals surface area contributed by atoms with Crippen molar-refractivity contribution in [1.29, 1.82) is 0 Å². The van der Waals surface area contributed by atoms with Gasteiger partial charge in [-0.15, -0.1) is 0 Å². The lowest BCUT2D eigenvalue weighted by molar-refractivity contribution is -0.140. The fourth-order valence-corrected chi connectivity index (χ4v) is 3.38. The quantitative estimate of drug-likeness (QED) is 0.436. The average molecular weight is 447 g/mol. The van der Waals surface area contributed by atoms with Gasteiger partial charge in [-0.3, -0.25) is 4.79 Å². The molecule has 0 unspecified atom stereocenters. The van der Waals surface area contributed by atoms with E-state index < -0.39 is 23.4 Å². The molecule has 8 heteroatoms. The number of carbonyl (C=O) groups is 3. The van der Waals surface area contributed by atoms with Gasteiger partial charge in [-0.05, 0) is 78.9 Å². The Morgan fingerprint density at radius 3 is 1.94 bits per heavy atom. The SMILES string of the molecule is Cc1cc(NC(=O)Nc2ccc(-c3ccc(C(=O)NC4(C(=O)O)CC4)cc3)cc2)ccc1F. The van der Waals surface area contributed by atoms with E-state index in [0.29, 0.717) is 35.3 Å². The molecule has 168 valence electrons. The molecule has 1 saturated carbocycles. The van der Waals surface area contributed by atoms with Crippen LogP contribution in [0.1, 0.15) is 28.8 Å². The van der Waals surface area contributed by atoms with Crippen molar-refractivity contribution in [2.75, 3.05) is 10.6 Å². The number of aliphatic carboxylic acids is 1. The number of aryl methyl sites for hydroxylation is 1. The predicted octanol–water partition coefficient (Wildman–Crippen LogP) is 4.79. The molecular formula is C25H22FN3O4. The van der Waals surface area contributed by atoms with E-state index >= 15 is 0 Å². The van der Waals surface area contributed by atoms with Gasteiger partial charge in [-0.25, -0.2) is 14.0 Å². The minimum atomic E-state index is -1.12. The predicted molar refractivity (Wildman–Crippen MR) is 123 cm³/mol. The molecule has 1 fully saturated rings. The molecule has 33 heavy (non-hydrogen) atoms. The van der Waals surface area contributed by atoms with Gasteiger partial charge in [0.2, 0.25) is 0 Å². The number of carboxylic acids is 1. The van der Waals surface area contributed by atoms with E-state index in [9.17, 15) is 23.9 Å². The van der Waals surface area contributed by atoms with E-state index in [-0.39, 0.29) is 5.82 Å². The van der Waals surface area contributed by atoms with Crippen LogP contribution in [0.5, 0.6) is 0 Å². The van der Waals surface area contributed by atoms with E-state index in [1.807, 2.05) is 12.1 Å². The number of carboxylic acid groups (broad SMARTS) is 1. The molecule has 3 amide bonds. The van der Waals surface area contributed by atoms with E-state index in [1.165, 1.54) is 12.1 Å². The van der Waals surface area contributed by atoms with Crippen LogP contribution in [0, 0.1) is 12.7 Å². The normalized spacial score (nSPS) is 13.6. The first-order chi connectivity index (χ1) is 15.8. The molecule has 0 saturated heterocycles. The third-order valence-corrected chi connectivity index (χ3v) is 5.55. The Hall–Kier alpha value is -4.20. The van der Waals surface area contributed by atoms with Gasteiger partial charge in [-0.2, -0.15) is 0 Å². The van der Waals surface area contributed by atoms with Gasteiger partial charge in [0.1, 0.15) is 11.4 Å². The van der Waals surface area contributed by atoms with Crippen molar-refractivity contribution in [2.24, 2.45) is 0 Å². The van der Waals surface area contributed by atoms with Crippen LogP contribution in [0.2, 0.25) is 0 Å². The van der Waals surface area contributed by atoms with Crippen molar-refractivity contribution in [3.63, 3.8) is 0 Å². The smallest absolute Gasteiger partial charge is 0.329 e. The van der Waals surface area contributed by atoms with Crippen LogP contribution in [0.3, 0.4) is 0 Å². The van der Waals surface area contributed by atoms with Crippen molar-refractivity contribution >= 4 is 29.3 Å². The summed E-state index contributed by atoms with van der Waals surface area (Å²) in [4.78, 5) is 35.8. The number of amides is 3. The summed E-state index contributed by atoms with van der Waals surface area (Å²) in [6, 6.07) is 17.9. The summed E-state index contributed by atoms with van der Waals surface area (Å²) >= 11 is 0. The maximum Gasteiger partial charge on any atom is 0.329 e. The molecule has 0 aromatic heterocycles. The van der Waals surface area contributed by atoms with Gasteiger partial charge in [-0.1, -0.05) is 24.3 Å². The zero-order valence-electron chi connectivity index (χ0n) is 17.8. The largest absolute Gasteiger partial charge is 0.480 e. The Morgan fingerprint density at radius 2 is 1.39 bits per heavy atom. The van der Waals surface area contributed by atoms with Crippen molar-refractivity contribution in [1.82, 2.24) is 5.32 Å². The number of urea groups is 1. The van der Waals surface area contributed by atoms with Crippen LogP contribution in [-0.4, -0.2) is 28.6 Å². The summed E-state index contributed by atoms with van der Waals surface area (Å²) in [7, 11) is 0. The summed E-state index contributed by atoms with van der Waals surface area (Å²) in [6.45, 7) is 1.62. The van der Waals surface area contributed by atoms with Crippen LogP contribution in [0.4, 0.5) is 20.6 Å². The van der Waals surface area contributed by atoms with Gasteiger partial charge in [0.05, 0.1) is 0 Å². The Kier molecular flexibility index (Phi) is 5.83. The van der Waals surface area contributed by atoms with Crippen molar-refractivity contribution in [3.05, 3.63) is 83.7 Å². The lowest BCUT2D eigenvalue weighted by Crippen LogP contribution is -2.43. The molecule has 4 N–H and O–H groups in total. The third-order valence-electron chi connectivity index (χ3n) is 5.55. The second-order valence-electron chi connectivity index (χ2n) is 8.04. The first-order valence-corrected chi connectivity index (χ1v) is 10.4. The minimum Gasteiger partial charge on any atom is -0.480 e. The van der Waals surface area contributed by atoms with Crippen LogP contribution >= 0.6 is 0 Å². The molecule has 0 atom stereocenters. The van der Waals surface area contributed by atoms with Crippen molar-refractivity contribution in [3.8, 4) is 11.1 Å². The first-order valence-electron chi connectivity index (χ1n) is 10.4. The van der Waals surface area contributed by atoms with E-state index in [0.717, 1.165) is 11.1 Å². The van der Waals surface area contributed by atoms with E-state index in [4.69, 9.17) is 0 Å². The molecule has 1 aliphatic rings. The molecule has 4 rings (SSSR count). The fourth-order valence-electron chi connectivity index (χ4n) is 3.38. The minimum absolute atomic E-state index is 0.336. The molecule has 0 bridgehead atoms. The highest BCUT2D eigenvalue weighted by Gasteiger charge is 2.51. The number of hydrogen-bond donors (Lipinski definition) is 4. The first kappa shape index (κ1) is 22.0. The molecule has 0 spiro atoms. The molecule has 1 aliphatic carbocycles. The summed E-state index contributed by atoms with van der Waals surface area (Å²) in [5, 5.41) is 17.2. The Balaban J connectivity index is 1.36. The topological polar surface area (TPSA) is 108 Å². The highest BCUT2D eigenvalue weighted by Crippen LogP contribution is 2.35. The third kappa shape index (κ3) is 5.01. The second kappa shape index (κ2) is 8.74. The second-order valence-corrected chi connectivity index (χ2v) is 8.04. The molecule has 7 nitrogen and oxygen atoms in total. The summed E-state index contributed by atoms with van der Waals surface area (Å²) < 4.78 is 13.3.